The van der Waals surface area contributed by atoms with E-state index in [0.717, 1.165) is 11.1 Å². The van der Waals surface area contributed by atoms with Crippen molar-refractivity contribution in [1.82, 2.24) is 0 Å². The summed E-state index contributed by atoms with van der Waals surface area (Å²) in [6, 6.07) is 14.9. The summed E-state index contributed by atoms with van der Waals surface area (Å²) in [6.45, 7) is 0. The van der Waals surface area contributed by atoms with Gasteiger partial charge in [0.2, 0.25) is 0 Å². The quantitative estimate of drug-likeness (QED) is 0.617. The molecular formula is C14H9Cl3. The Morgan fingerprint density at radius 3 is 1.76 bits per heavy atom. The fraction of sp³-hybridized carbons (Fsp3) is 0. The highest BCUT2D eigenvalue weighted by molar-refractivity contribution is 6.51. The lowest BCUT2D eigenvalue weighted by Crippen LogP contribution is -1.77. The maximum Gasteiger partial charge on any atom is 0.0484 e. The maximum atomic E-state index is 6.22. The van der Waals surface area contributed by atoms with Crippen LogP contribution < -0.4 is 0 Å². The normalized spacial score (nSPS) is 11.6. The van der Waals surface area contributed by atoms with Crippen molar-refractivity contribution in [2.45, 2.75) is 0 Å². The zero-order valence-corrected chi connectivity index (χ0v) is 11.1. The highest BCUT2D eigenvalue weighted by atomic mass is 35.5. The second kappa shape index (κ2) is 5.59. The van der Waals surface area contributed by atoms with Crippen molar-refractivity contribution in [2.75, 3.05) is 0 Å². The van der Waals surface area contributed by atoms with Crippen molar-refractivity contribution in [2.24, 2.45) is 0 Å². The van der Waals surface area contributed by atoms with Gasteiger partial charge in [0.25, 0.3) is 0 Å². The molecule has 0 aromatic heterocycles. The Morgan fingerprint density at radius 1 is 0.765 bits per heavy atom. The third-order valence-electron chi connectivity index (χ3n) is 2.28. The van der Waals surface area contributed by atoms with E-state index in [1.54, 1.807) is 0 Å². The van der Waals surface area contributed by atoms with Crippen LogP contribution in [0.2, 0.25) is 10.0 Å². The molecule has 0 aliphatic heterocycles. The first-order chi connectivity index (χ1) is 8.15. The van der Waals surface area contributed by atoms with Crippen LogP contribution in [-0.2, 0) is 0 Å². The Kier molecular flexibility index (Phi) is 4.11. The average Bonchev–Trinajstić information content (AvgIpc) is 2.33. The molecule has 0 N–H and O–H groups in total. The monoisotopic (exact) mass is 282 g/mol. The van der Waals surface area contributed by atoms with Gasteiger partial charge in [0.1, 0.15) is 0 Å². The van der Waals surface area contributed by atoms with Crippen LogP contribution in [0.5, 0.6) is 0 Å². The lowest BCUT2D eigenvalue weighted by atomic mass is 10.1. The number of hydrogen-bond donors (Lipinski definition) is 0. The zero-order valence-electron chi connectivity index (χ0n) is 8.83. The number of halogens is 3. The Morgan fingerprint density at radius 2 is 1.24 bits per heavy atom. The summed E-state index contributed by atoms with van der Waals surface area (Å²) in [6.07, 6.45) is 1.89. The summed E-state index contributed by atoms with van der Waals surface area (Å²) in [4.78, 5) is 0. The lowest BCUT2D eigenvalue weighted by molar-refractivity contribution is 1.63. The van der Waals surface area contributed by atoms with Crippen molar-refractivity contribution in [3.8, 4) is 0 Å². The Hall–Kier alpha value is -0.950. The molecule has 2 rings (SSSR count). The zero-order chi connectivity index (χ0) is 12.3. The number of rotatable bonds is 2. The average molecular weight is 284 g/mol. The summed E-state index contributed by atoms with van der Waals surface area (Å²) in [5, 5.41) is 2.08. The fourth-order valence-corrected chi connectivity index (χ4v) is 1.90. The highest BCUT2D eigenvalue weighted by Crippen LogP contribution is 2.24. The Balaban J connectivity index is 2.27. The molecule has 0 unspecified atom stereocenters. The smallest absolute Gasteiger partial charge is 0.0484 e. The second-order valence-electron chi connectivity index (χ2n) is 3.55. The van der Waals surface area contributed by atoms with Gasteiger partial charge < -0.3 is 0 Å². The first-order valence-corrected chi connectivity index (χ1v) is 6.17. The van der Waals surface area contributed by atoms with E-state index in [9.17, 15) is 0 Å². The van der Waals surface area contributed by atoms with E-state index in [4.69, 9.17) is 34.8 Å². The van der Waals surface area contributed by atoms with Crippen molar-refractivity contribution >= 4 is 45.9 Å². The molecule has 0 spiro atoms. The Labute approximate surface area is 115 Å². The summed E-state index contributed by atoms with van der Waals surface area (Å²) in [5.41, 5.74) is 1.94. The number of hydrogen-bond acceptors (Lipinski definition) is 0. The van der Waals surface area contributed by atoms with E-state index in [-0.39, 0.29) is 0 Å². The van der Waals surface area contributed by atoms with Crippen LogP contribution in [0.3, 0.4) is 0 Å². The van der Waals surface area contributed by atoms with Gasteiger partial charge in [-0.25, -0.2) is 0 Å². The molecule has 0 bridgehead atoms. The molecule has 0 fully saturated rings. The molecule has 3 heteroatoms. The SMILES string of the molecule is ClC(=Cc1ccc(Cl)cc1)c1ccc(Cl)cc1. The van der Waals surface area contributed by atoms with Crippen LogP contribution in [-0.4, -0.2) is 0 Å². The topological polar surface area (TPSA) is 0 Å². The largest absolute Gasteiger partial charge is 0.0843 e. The molecule has 0 heterocycles. The van der Waals surface area contributed by atoms with Crippen LogP contribution in [0.1, 0.15) is 11.1 Å². The van der Waals surface area contributed by atoms with Gasteiger partial charge >= 0.3 is 0 Å². The van der Waals surface area contributed by atoms with E-state index < -0.39 is 0 Å². The van der Waals surface area contributed by atoms with Crippen LogP contribution in [0.15, 0.2) is 48.5 Å². The maximum absolute atomic E-state index is 6.22. The Bertz CT molecular complexity index is 524. The predicted molar refractivity (Wildman–Crippen MR) is 76.6 cm³/mol. The molecule has 86 valence electrons. The second-order valence-corrected chi connectivity index (χ2v) is 4.83. The van der Waals surface area contributed by atoms with Gasteiger partial charge in [-0.15, -0.1) is 0 Å². The molecule has 0 amide bonds. The van der Waals surface area contributed by atoms with Crippen molar-refractivity contribution < 1.29 is 0 Å². The van der Waals surface area contributed by atoms with E-state index in [0.29, 0.717) is 15.1 Å². The van der Waals surface area contributed by atoms with Gasteiger partial charge in [0.05, 0.1) is 0 Å². The highest BCUT2D eigenvalue weighted by Gasteiger charge is 1.98. The number of benzene rings is 2. The van der Waals surface area contributed by atoms with E-state index in [1.807, 2.05) is 54.6 Å². The summed E-state index contributed by atoms with van der Waals surface area (Å²) in [7, 11) is 0. The third kappa shape index (κ3) is 3.50. The van der Waals surface area contributed by atoms with Crippen molar-refractivity contribution in [3.05, 3.63) is 69.7 Å². The predicted octanol–water partition coefficient (Wildman–Crippen LogP) is 5.73. The minimum Gasteiger partial charge on any atom is -0.0843 e. The van der Waals surface area contributed by atoms with Gasteiger partial charge in [0, 0.05) is 15.1 Å². The van der Waals surface area contributed by atoms with Gasteiger partial charge in [-0.3, -0.25) is 0 Å². The molecule has 17 heavy (non-hydrogen) atoms. The standard InChI is InChI=1S/C14H9Cl3/c15-12-5-1-10(2-6-12)9-14(17)11-3-7-13(16)8-4-11/h1-9H. The summed E-state index contributed by atoms with van der Waals surface area (Å²) < 4.78 is 0. The van der Waals surface area contributed by atoms with Crippen LogP contribution in [0.25, 0.3) is 11.1 Å². The van der Waals surface area contributed by atoms with E-state index in [2.05, 4.69) is 0 Å². The molecule has 0 saturated heterocycles. The van der Waals surface area contributed by atoms with Crippen LogP contribution >= 0.6 is 34.8 Å². The molecule has 0 radical (unpaired) electrons. The first kappa shape index (κ1) is 12.5. The molecule has 0 atom stereocenters. The molecular weight excluding hydrogens is 275 g/mol. The fourth-order valence-electron chi connectivity index (χ4n) is 1.40. The molecule has 0 aliphatic carbocycles. The minimum absolute atomic E-state index is 0.670. The van der Waals surface area contributed by atoms with Crippen LogP contribution in [0.4, 0.5) is 0 Å². The van der Waals surface area contributed by atoms with E-state index in [1.165, 1.54) is 0 Å². The molecule has 0 aliphatic rings. The molecule has 0 nitrogen and oxygen atoms in total. The molecule has 2 aromatic carbocycles. The molecule has 2 aromatic rings. The van der Waals surface area contributed by atoms with Gasteiger partial charge in [0.15, 0.2) is 0 Å². The minimum atomic E-state index is 0.670. The van der Waals surface area contributed by atoms with Crippen molar-refractivity contribution in [3.63, 3.8) is 0 Å². The first-order valence-electron chi connectivity index (χ1n) is 5.04. The van der Waals surface area contributed by atoms with Crippen molar-refractivity contribution in [1.29, 1.82) is 0 Å². The molecule has 0 saturated carbocycles. The van der Waals surface area contributed by atoms with Crippen LogP contribution in [0, 0.1) is 0 Å². The summed E-state index contributed by atoms with van der Waals surface area (Å²) >= 11 is 17.8. The third-order valence-corrected chi connectivity index (χ3v) is 3.11. The van der Waals surface area contributed by atoms with Gasteiger partial charge in [-0.2, -0.15) is 0 Å². The van der Waals surface area contributed by atoms with Gasteiger partial charge in [-0.05, 0) is 41.5 Å². The summed E-state index contributed by atoms with van der Waals surface area (Å²) in [5.74, 6) is 0. The van der Waals surface area contributed by atoms with Gasteiger partial charge in [-0.1, -0.05) is 59.1 Å². The lowest BCUT2D eigenvalue weighted by Gasteiger charge is -2.00. The van der Waals surface area contributed by atoms with E-state index >= 15 is 0 Å².